The maximum atomic E-state index is 13.0. The van der Waals surface area contributed by atoms with Crippen LogP contribution < -0.4 is 0 Å². The predicted octanol–water partition coefficient (Wildman–Crippen LogP) is 7.04. The van der Waals surface area contributed by atoms with Crippen LogP contribution in [0.15, 0.2) is 49.2 Å². The Morgan fingerprint density at radius 3 is 2.13 bits per heavy atom. The second kappa shape index (κ2) is 15.3. The number of halogens is 1. The molecule has 5 rings (SSSR count). The van der Waals surface area contributed by atoms with Crippen molar-refractivity contribution < 1.29 is 13.9 Å². The number of carbonyl (C=O) groups is 1. The molecule has 0 spiro atoms. The Morgan fingerprint density at radius 2 is 1.62 bits per heavy atom. The van der Waals surface area contributed by atoms with Gasteiger partial charge in [0.15, 0.2) is 0 Å². The van der Waals surface area contributed by atoms with E-state index in [-0.39, 0.29) is 23.3 Å². The highest BCUT2D eigenvalue weighted by molar-refractivity contribution is 5.79. The van der Waals surface area contributed by atoms with E-state index >= 15 is 0 Å². The van der Waals surface area contributed by atoms with Crippen LogP contribution in [-0.4, -0.2) is 67.1 Å². The average Bonchev–Trinajstić information content (AvgIpc) is 3.15. The Bertz CT molecular complexity index is 1030. The van der Waals surface area contributed by atoms with Gasteiger partial charge in [-0.05, 0) is 82.5 Å². The Labute approximate surface area is 236 Å². The van der Waals surface area contributed by atoms with Gasteiger partial charge >= 0.3 is 5.97 Å². The summed E-state index contributed by atoms with van der Waals surface area (Å²) in [5.74, 6) is 1.62. The fourth-order valence-electron chi connectivity index (χ4n) is 5.52. The molecule has 3 aliphatic rings. The Morgan fingerprint density at radius 1 is 1.00 bits per heavy atom. The molecule has 39 heavy (non-hydrogen) atoms. The van der Waals surface area contributed by atoms with E-state index in [1.54, 1.807) is 18.3 Å². The summed E-state index contributed by atoms with van der Waals surface area (Å²) in [5.41, 5.74) is 2.36. The number of carbonyl (C=O) groups excluding carboxylic acids is 1. The zero-order valence-corrected chi connectivity index (χ0v) is 25.4. The molecule has 4 unspecified atom stereocenters. The lowest BCUT2D eigenvalue weighted by atomic mass is 9.61. The number of hydrogen-bond donors (Lipinski definition) is 0. The van der Waals surface area contributed by atoms with Crippen molar-refractivity contribution in [1.82, 2.24) is 14.8 Å². The molecular weight excluding hydrogens is 489 g/mol. The average molecular weight is 540 g/mol. The third-order valence-electron chi connectivity index (χ3n) is 8.37. The second-order valence-electron chi connectivity index (χ2n) is 11.3. The van der Waals surface area contributed by atoms with Crippen molar-refractivity contribution in [3.8, 4) is 11.1 Å². The smallest absolute Gasteiger partial charge is 0.312 e. The van der Waals surface area contributed by atoms with Gasteiger partial charge in [-0.25, -0.2) is 4.39 Å². The second-order valence-corrected chi connectivity index (χ2v) is 11.3. The lowest BCUT2D eigenvalue weighted by Crippen LogP contribution is -2.42. The van der Waals surface area contributed by atoms with Gasteiger partial charge < -0.3 is 14.5 Å². The Balaban J connectivity index is 0.000000207. The number of esters is 1. The molecule has 2 saturated heterocycles. The number of likely N-dealkylation sites (N-methyl/N-ethyl adjacent to an activating group) is 2. The van der Waals surface area contributed by atoms with Crippen LogP contribution in [0.1, 0.15) is 60.1 Å². The Kier molecular flexibility index (Phi) is 12.8. The first-order chi connectivity index (χ1) is 18.5. The van der Waals surface area contributed by atoms with E-state index in [0.717, 1.165) is 35.6 Å². The van der Waals surface area contributed by atoms with Gasteiger partial charge in [0, 0.05) is 43.9 Å². The molecule has 0 N–H and O–H groups in total. The summed E-state index contributed by atoms with van der Waals surface area (Å²) in [6, 6.07) is 10.2. The molecule has 0 bridgehead atoms. The quantitative estimate of drug-likeness (QED) is 0.383. The molecule has 5 atom stereocenters. The molecule has 1 aromatic heterocycles. The summed E-state index contributed by atoms with van der Waals surface area (Å²) in [6.07, 6.45) is 5.66. The Hall–Kier alpha value is -2.57. The van der Waals surface area contributed by atoms with Crippen LogP contribution >= 0.6 is 0 Å². The van der Waals surface area contributed by atoms with Crippen molar-refractivity contribution in [2.75, 3.05) is 40.3 Å². The van der Waals surface area contributed by atoms with E-state index in [2.05, 4.69) is 56.2 Å². The van der Waals surface area contributed by atoms with Crippen molar-refractivity contribution in [3.63, 3.8) is 0 Å². The summed E-state index contributed by atoms with van der Waals surface area (Å²) in [5, 5.41) is 0. The van der Waals surface area contributed by atoms with E-state index in [1.807, 2.05) is 39.0 Å². The van der Waals surface area contributed by atoms with E-state index in [1.165, 1.54) is 38.3 Å². The lowest BCUT2D eigenvalue weighted by molar-refractivity contribution is -0.149. The third kappa shape index (κ3) is 8.97. The van der Waals surface area contributed by atoms with Gasteiger partial charge in [-0.1, -0.05) is 52.5 Å². The topological polar surface area (TPSA) is 45.7 Å². The monoisotopic (exact) mass is 539 g/mol. The standard InChI is InChI=1S/C13H10FN.C12H20O2.C6H14N2.C2H6/c1-2-13-7-6-11(9-15-13)10-4-3-5-12(14)8-10;1-7-5-10-9(3)14-11(13)12(10,4)6-8(7)2;1-7-3-5-8(2)6-4-7;1-2/h2-9H,1H2;7-10H,5-6H2,1-4H3;3-6H2,1-2H3;1-2H3/t;7-,8?,9?,10?,12?;;/m.0../s1. The summed E-state index contributed by atoms with van der Waals surface area (Å²) < 4.78 is 18.3. The third-order valence-corrected chi connectivity index (χ3v) is 8.37. The largest absolute Gasteiger partial charge is 0.462 e. The molecule has 2 aliphatic heterocycles. The van der Waals surface area contributed by atoms with E-state index in [9.17, 15) is 9.18 Å². The first-order valence-electron chi connectivity index (χ1n) is 14.5. The van der Waals surface area contributed by atoms with Crippen molar-refractivity contribution >= 4 is 12.0 Å². The SMILES string of the molecule is C=Cc1ccc(-c2cccc(F)c2)cn1.CC.CC1OC(=O)C2(C)CC(C)[C@@H](C)CC12.CN1CCN(C)CC1. The number of hydrogen-bond acceptors (Lipinski definition) is 5. The maximum absolute atomic E-state index is 13.0. The maximum Gasteiger partial charge on any atom is 0.312 e. The minimum absolute atomic E-state index is 0.0359. The lowest BCUT2D eigenvalue weighted by Gasteiger charge is -2.40. The minimum atomic E-state index is -0.236. The van der Waals surface area contributed by atoms with Gasteiger partial charge in [0.2, 0.25) is 0 Å². The number of pyridine rings is 1. The molecule has 5 nitrogen and oxygen atoms in total. The van der Waals surface area contributed by atoms with Crippen molar-refractivity contribution in [2.45, 2.75) is 60.5 Å². The van der Waals surface area contributed by atoms with Gasteiger partial charge in [-0.15, -0.1) is 0 Å². The molecule has 0 radical (unpaired) electrons. The molecule has 2 aromatic rings. The summed E-state index contributed by atoms with van der Waals surface area (Å²) in [4.78, 5) is 20.7. The molecular formula is C33H50FN3O2. The molecule has 1 aromatic carbocycles. The van der Waals surface area contributed by atoms with Crippen LogP contribution in [0, 0.1) is 29.0 Å². The number of cyclic esters (lactones) is 1. The van der Waals surface area contributed by atoms with Gasteiger partial charge in [0.05, 0.1) is 11.1 Å². The number of aromatic nitrogens is 1. The van der Waals surface area contributed by atoms with Gasteiger partial charge in [-0.2, -0.15) is 0 Å². The van der Waals surface area contributed by atoms with Gasteiger partial charge in [-0.3, -0.25) is 9.78 Å². The van der Waals surface area contributed by atoms with Crippen LogP contribution in [0.25, 0.3) is 17.2 Å². The number of ether oxygens (including phenoxy) is 1. The van der Waals surface area contributed by atoms with E-state index < -0.39 is 0 Å². The van der Waals surface area contributed by atoms with Crippen molar-refractivity contribution in [1.29, 1.82) is 0 Å². The zero-order valence-electron chi connectivity index (χ0n) is 25.4. The number of piperazine rings is 1. The summed E-state index contributed by atoms with van der Waals surface area (Å²) in [7, 11) is 4.35. The molecule has 1 saturated carbocycles. The molecule has 1 aliphatic carbocycles. The van der Waals surface area contributed by atoms with E-state index in [4.69, 9.17) is 4.74 Å². The van der Waals surface area contributed by atoms with Crippen LogP contribution in [0.4, 0.5) is 4.39 Å². The van der Waals surface area contributed by atoms with E-state index in [0.29, 0.717) is 11.8 Å². The zero-order chi connectivity index (χ0) is 29.2. The number of fused-ring (bicyclic) bond motifs is 1. The van der Waals surface area contributed by atoms with Crippen molar-refractivity contribution in [2.24, 2.45) is 23.2 Å². The molecule has 3 fully saturated rings. The number of benzene rings is 1. The van der Waals surface area contributed by atoms with Crippen molar-refractivity contribution in [3.05, 3.63) is 60.7 Å². The normalized spacial score (nSPS) is 28.3. The first-order valence-corrected chi connectivity index (χ1v) is 14.5. The highest BCUT2D eigenvalue weighted by atomic mass is 19.1. The highest BCUT2D eigenvalue weighted by Gasteiger charge is 2.55. The van der Waals surface area contributed by atoms with Gasteiger partial charge in [0.25, 0.3) is 0 Å². The molecule has 6 heteroatoms. The molecule has 0 amide bonds. The fourth-order valence-corrected chi connectivity index (χ4v) is 5.52. The molecule has 216 valence electrons. The number of nitrogens with zero attached hydrogens (tertiary/aromatic N) is 3. The van der Waals surface area contributed by atoms with Gasteiger partial charge in [0.1, 0.15) is 11.9 Å². The number of rotatable bonds is 2. The predicted molar refractivity (Wildman–Crippen MR) is 161 cm³/mol. The van der Waals surface area contributed by atoms with Crippen LogP contribution in [-0.2, 0) is 9.53 Å². The van der Waals surface area contributed by atoms with Crippen LogP contribution in [0.5, 0.6) is 0 Å². The fraction of sp³-hybridized carbons (Fsp3) is 0.576. The summed E-state index contributed by atoms with van der Waals surface area (Å²) >= 11 is 0. The minimum Gasteiger partial charge on any atom is -0.462 e. The summed E-state index contributed by atoms with van der Waals surface area (Å²) in [6.45, 7) is 21.2. The first kappa shape index (κ1) is 32.6. The van der Waals surface area contributed by atoms with Crippen LogP contribution in [0.3, 0.4) is 0 Å². The van der Waals surface area contributed by atoms with Crippen LogP contribution in [0.2, 0.25) is 0 Å². The molecule has 3 heterocycles. The highest BCUT2D eigenvalue weighted by Crippen LogP contribution is 2.52.